The first-order valence-electron chi connectivity index (χ1n) is 12.8. The molecule has 1 aliphatic carbocycles. The van der Waals surface area contributed by atoms with Crippen LogP contribution in [0.5, 0.6) is 5.75 Å². The molecule has 3 aliphatic rings. The van der Waals surface area contributed by atoms with E-state index in [0.29, 0.717) is 30.0 Å². The number of hydrogen-bond acceptors (Lipinski definition) is 8. The Bertz CT molecular complexity index is 1170. The molecule has 36 heavy (non-hydrogen) atoms. The quantitative estimate of drug-likeness (QED) is 0.434. The van der Waals surface area contributed by atoms with Crippen LogP contribution in [-0.4, -0.2) is 43.5 Å². The van der Waals surface area contributed by atoms with Crippen molar-refractivity contribution in [1.29, 1.82) is 0 Å². The van der Waals surface area contributed by atoms with Crippen molar-refractivity contribution in [3.63, 3.8) is 0 Å². The molecule has 0 amide bonds. The van der Waals surface area contributed by atoms with E-state index in [4.69, 9.17) is 9.72 Å². The van der Waals surface area contributed by atoms with Crippen molar-refractivity contribution in [3.05, 3.63) is 52.5 Å². The highest BCUT2D eigenvalue weighted by atomic mass is 32.2. The minimum absolute atomic E-state index is 0.214. The van der Waals surface area contributed by atoms with Crippen LogP contribution in [0.15, 0.2) is 41.3 Å². The Hall–Kier alpha value is -2.43. The van der Waals surface area contributed by atoms with Gasteiger partial charge in [-0.15, -0.1) is 0 Å². The van der Waals surface area contributed by atoms with Gasteiger partial charge in [0.15, 0.2) is 0 Å². The van der Waals surface area contributed by atoms with E-state index in [2.05, 4.69) is 38.3 Å². The molecule has 2 fully saturated rings. The minimum Gasteiger partial charge on any atom is -0.458 e. The molecular weight excluding hydrogens is 492 g/mol. The lowest BCUT2D eigenvalue weighted by Crippen LogP contribution is -2.38. The van der Waals surface area contributed by atoms with E-state index in [1.807, 2.05) is 19.1 Å². The van der Waals surface area contributed by atoms with E-state index in [-0.39, 0.29) is 5.25 Å². The second-order valence-electron chi connectivity index (χ2n) is 9.57. The Balaban J connectivity index is 1.33. The molecule has 10 heteroatoms. The second-order valence-corrected chi connectivity index (χ2v) is 12.3. The summed E-state index contributed by atoms with van der Waals surface area (Å²) in [5, 5.41) is 7.11. The molecule has 2 aromatic rings. The first-order chi connectivity index (χ1) is 17.5. The van der Waals surface area contributed by atoms with Gasteiger partial charge in [0.05, 0.1) is 22.0 Å². The van der Waals surface area contributed by atoms with Crippen molar-refractivity contribution in [2.45, 2.75) is 70.1 Å². The van der Waals surface area contributed by atoms with Crippen molar-refractivity contribution in [2.75, 3.05) is 23.1 Å². The summed E-state index contributed by atoms with van der Waals surface area (Å²) in [6.45, 7) is 6.08. The van der Waals surface area contributed by atoms with Gasteiger partial charge < -0.3 is 15.4 Å². The molecule has 2 aliphatic heterocycles. The number of nitrogens with zero attached hydrogens (tertiary/aromatic N) is 3. The van der Waals surface area contributed by atoms with Gasteiger partial charge in [-0.05, 0) is 68.7 Å². The van der Waals surface area contributed by atoms with Gasteiger partial charge >= 0.3 is 0 Å². The SMILES string of the molecule is CC1=CCC(Oc2cnc(NS(=O)C3CCCC3)cc2C)=C(c2ccnc(NC3CCCNC3)n2)S1. The Kier molecular flexibility index (Phi) is 8.23. The van der Waals surface area contributed by atoms with E-state index in [1.165, 1.54) is 4.91 Å². The number of aryl methyl sites for hydroxylation is 1. The van der Waals surface area contributed by atoms with Crippen molar-refractivity contribution in [3.8, 4) is 5.75 Å². The third-order valence-electron chi connectivity index (χ3n) is 6.72. The van der Waals surface area contributed by atoms with Gasteiger partial charge in [0.2, 0.25) is 5.95 Å². The number of thioether (sulfide) groups is 1. The van der Waals surface area contributed by atoms with Crippen LogP contribution in [0.25, 0.3) is 4.91 Å². The molecule has 2 aromatic heterocycles. The zero-order valence-corrected chi connectivity index (χ0v) is 22.5. The molecule has 1 saturated heterocycles. The molecule has 8 nitrogen and oxygen atoms in total. The number of pyridine rings is 1. The monoisotopic (exact) mass is 526 g/mol. The summed E-state index contributed by atoms with van der Waals surface area (Å²) in [7, 11) is -1.11. The van der Waals surface area contributed by atoms with Crippen LogP contribution in [-0.2, 0) is 11.0 Å². The van der Waals surface area contributed by atoms with Gasteiger partial charge in [0, 0.05) is 25.2 Å². The first kappa shape index (κ1) is 25.2. The van der Waals surface area contributed by atoms with Crippen LogP contribution in [0.2, 0.25) is 0 Å². The zero-order chi connectivity index (χ0) is 24.9. The molecule has 5 rings (SSSR count). The average Bonchev–Trinajstić information content (AvgIpc) is 3.43. The summed E-state index contributed by atoms with van der Waals surface area (Å²) >= 11 is 1.67. The number of anilines is 2. The highest BCUT2D eigenvalue weighted by Crippen LogP contribution is 2.41. The summed E-state index contributed by atoms with van der Waals surface area (Å²) in [4.78, 5) is 16.0. The van der Waals surface area contributed by atoms with Crippen LogP contribution in [0.3, 0.4) is 0 Å². The maximum absolute atomic E-state index is 12.6. The van der Waals surface area contributed by atoms with E-state index in [0.717, 1.165) is 73.5 Å². The molecular formula is C26H34N6O2S2. The standard InChI is InChI=1S/C26H34N6O2S2/c1-17-14-24(32-36(33)20-7-3-4-8-20)29-16-23(17)34-22-10-9-18(2)35-25(22)21-11-13-28-26(31-21)30-19-6-5-12-27-15-19/h9,11,13-14,16,19-20,27H,3-8,10,12,15H2,1-2H3,(H,29,32)(H,28,30,31). The molecule has 0 aromatic carbocycles. The van der Waals surface area contributed by atoms with E-state index in [9.17, 15) is 4.21 Å². The van der Waals surface area contributed by atoms with Crippen LogP contribution in [0.1, 0.15) is 63.1 Å². The summed E-state index contributed by atoms with van der Waals surface area (Å²) in [6.07, 6.45) is 13.0. The van der Waals surface area contributed by atoms with Gasteiger partial charge in [-0.2, -0.15) is 0 Å². The molecule has 1 saturated carbocycles. The molecule has 4 heterocycles. The summed E-state index contributed by atoms with van der Waals surface area (Å²) in [6, 6.07) is 4.18. The molecule has 192 valence electrons. The number of hydrogen-bond donors (Lipinski definition) is 3. The lowest BCUT2D eigenvalue weighted by atomic mass is 10.1. The highest BCUT2D eigenvalue weighted by Gasteiger charge is 2.23. The number of nitrogens with one attached hydrogen (secondary N) is 3. The number of rotatable bonds is 8. The van der Waals surface area contributed by atoms with Crippen molar-refractivity contribution in [1.82, 2.24) is 20.3 Å². The summed E-state index contributed by atoms with van der Waals surface area (Å²) in [5.41, 5.74) is 1.79. The third-order valence-corrected chi connectivity index (χ3v) is 9.33. The smallest absolute Gasteiger partial charge is 0.223 e. The number of ether oxygens (including phenoxy) is 1. The Labute approximate surface area is 219 Å². The topological polar surface area (TPSA) is 101 Å². The normalized spacial score (nSPS) is 21.7. The maximum atomic E-state index is 12.6. The lowest BCUT2D eigenvalue weighted by molar-refractivity contribution is 0.414. The molecule has 0 bridgehead atoms. The van der Waals surface area contributed by atoms with Gasteiger partial charge in [-0.1, -0.05) is 30.7 Å². The van der Waals surface area contributed by atoms with Gasteiger partial charge in [-0.25, -0.2) is 19.2 Å². The van der Waals surface area contributed by atoms with Crippen LogP contribution >= 0.6 is 11.8 Å². The van der Waals surface area contributed by atoms with E-state index in [1.54, 1.807) is 24.2 Å². The minimum atomic E-state index is -1.11. The van der Waals surface area contributed by atoms with Crippen molar-refractivity contribution < 1.29 is 8.95 Å². The highest BCUT2D eigenvalue weighted by molar-refractivity contribution is 8.11. The van der Waals surface area contributed by atoms with E-state index >= 15 is 0 Å². The predicted octanol–water partition coefficient (Wildman–Crippen LogP) is 5.15. The Morgan fingerprint density at radius 1 is 1.17 bits per heavy atom. The van der Waals surface area contributed by atoms with Crippen LogP contribution < -0.4 is 20.1 Å². The van der Waals surface area contributed by atoms with Crippen molar-refractivity contribution >= 4 is 39.4 Å². The number of aromatic nitrogens is 3. The van der Waals surface area contributed by atoms with Gasteiger partial charge in [-0.3, -0.25) is 4.72 Å². The molecule has 3 N–H and O–H groups in total. The molecule has 0 spiro atoms. The maximum Gasteiger partial charge on any atom is 0.223 e. The Morgan fingerprint density at radius 2 is 2.03 bits per heavy atom. The molecule has 2 atom stereocenters. The predicted molar refractivity (Wildman–Crippen MR) is 148 cm³/mol. The second kappa shape index (κ2) is 11.7. The zero-order valence-electron chi connectivity index (χ0n) is 20.9. The van der Waals surface area contributed by atoms with Gasteiger partial charge in [0.25, 0.3) is 0 Å². The summed E-state index contributed by atoms with van der Waals surface area (Å²) < 4.78 is 22.1. The molecule has 0 radical (unpaired) electrons. The largest absolute Gasteiger partial charge is 0.458 e. The average molecular weight is 527 g/mol. The number of allylic oxidation sites excluding steroid dienone is 2. The van der Waals surface area contributed by atoms with Crippen molar-refractivity contribution in [2.24, 2.45) is 0 Å². The number of piperidine rings is 1. The lowest BCUT2D eigenvalue weighted by Gasteiger charge is -2.24. The summed E-state index contributed by atoms with van der Waals surface area (Å²) in [5.74, 6) is 2.80. The van der Waals surface area contributed by atoms with Crippen LogP contribution in [0, 0.1) is 6.92 Å². The third kappa shape index (κ3) is 6.27. The van der Waals surface area contributed by atoms with Gasteiger partial charge in [0.1, 0.15) is 28.3 Å². The fraction of sp³-hybridized carbons (Fsp3) is 0.500. The van der Waals surface area contributed by atoms with Crippen LogP contribution in [0.4, 0.5) is 11.8 Å². The fourth-order valence-corrected chi connectivity index (χ4v) is 6.90. The Morgan fingerprint density at radius 3 is 2.81 bits per heavy atom. The molecule has 2 unspecified atom stereocenters. The fourth-order valence-electron chi connectivity index (χ4n) is 4.71. The van der Waals surface area contributed by atoms with E-state index < -0.39 is 11.0 Å². The first-order valence-corrected chi connectivity index (χ1v) is 14.8.